The molecule has 2 nitrogen and oxygen atoms in total. The lowest BCUT2D eigenvalue weighted by Gasteiger charge is -2.11. The van der Waals surface area contributed by atoms with Crippen molar-refractivity contribution in [3.8, 4) is 11.5 Å². The topological polar surface area (TPSA) is 29.5 Å². The van der Waals surface area contributed by atoms with Crippen molar-refractivity contribution in [2.75, 3.05) is 0 Å². The Morgan fingerprint density at radius 1 is 1.16 bits per heavy atom. The van der Waals surface area contributed by atoms with Crippen molar-refractivity contribution in [1.82, 2.24) is 0 Å². The Bertz CT molecular complexity index is 597. The Hall–Kier alpha value is -1.03. The Balaban J connectivity index is 2.24. The highest BCUT2D eigenvalue weighted by atomic mass is 79.9. The van der Waals surface area contributed by atoms with Gasteiger partial charge in [-0.05, 0) is 55.3 Å². The van der Waals surface area contributed by atoms with E-state index in [4.69, 9.17) is 16.3 Å². The fraction of sp³-hybridized carbons (Fsp3) is 0.200. The van der Waals surface area contributed by atoms with Crippen LogP contribution in [0.15, 0.2) is 40.9 Å². The summed E-state index contributed by atoms with van der Waals surface area (Å²) in [5.41, 5.74) is 1.80. The molecule has 1 N–H and O–H groups in total. The van der Waals surface area contributed by atoms with Crippen LogP contribution in [-0.2, 0) is 0 Å². The maximum Gasteiger partial charge on any atom is 0.128 e. The second-order valence-corrected chi connectivity index (χ2v) is 5.63. The molecule has 0 fully saturated rings. The minimum absolute atomic E-state index is 0.513. The van der Waals surface area contributed by atoms with Gasteiger partial charge in [0.1, 0.15) is 11.5 Å². The normalized spacial score (nSPS) is 12.3. The van der Waals surface area contributed by atoms with E-state index in [2.05, 4.69) is 15.9 Å². The largest absolute Gasteiger partial charge is 0.457 e. The number of aliphatic hydroxyl groups excluding tert-OH is 1. The molecule has 1 atom stereocenters. The van der Waals surface area contributed by atoms with Gasteiger partial charge in [-0.1, -0.05) is 33.6 Å². The molecule has 0 saturated heterocycles. The smallest absolute Gasteiger partial charge is 0.128 e. The Morgan fingerprint density at radius 2 is 1.79 bits per heavy atom. The molecule has 4 heteroatoms. The first-order valence-electron chi connectivity index (χ1n) is 5.89. The van der Waals surface area contributed by atoms with Crippen molar-refractivity contribution in [3.05, 3.63) is 57.0 Å². The predicted molar refractivity (Wildman–Crippen MR) is 81.0 cm³/mol. The van der Waals surface area contributed by atoms with E-state index in [1.165, 1.54) is 0 Å². The molecule has 0 radical (unpaired) electrons. The molecule has 0 amide bonds. The SMILES string of the molecule is Cc1cc(Oc2ccc([C@@H](C)O)c(Br)c2)ccc1Cl. The van der Waals surface area contributed by atoms with E-state index in [9.17, 15) is 5.11 Å². The van der Waals surface area contributed by atoms with Crippen LogP contribution in [0.5, 0.6) is 11.5 Å². The van der Waals surface area contributed by atoms with E-state index >= 15 is 0 Å². The molecule has 2 aromatic rings. The Labute approximate surface area is 126 Å². The van der Waals surface area contributed by atoms with Crippen LogP contribution in [-0.4, -0.2) is 5.11 Å². The number of aliphatic hydroxyl groups is 1. The number of hydrogen-bond donors (Lipinski definition) is 1. The lowest BCUT2D eigenvalue weighted by atomic mass is 10.1. The van der Waals surface area contributed by atoms with Gasteiger partial charge in [0.05, 0.1) is 6.10 Å². The van der Waals surface area contributed by atoms with Crippen LogP contribution in [0.1, 0.15) is 24.2 Å². The third kappa shape index (κ3) is 3.50. The van der Waals surface area contributed by atoms with Gasteiger partial charge in [-0.15, -0.1) is 0 Å². The van der Waals surface area contributed by atoms with E-state index in [0.29, 0.717) is 5.75 Å². The summed E-state index contributed by atoms with van der Waals surface area (Å²) in [6.45, 7) is 3.66. The molecule has 2 rings (SSSR count). The van der Waals surface area contributed by atoms with Crippen LogP contribution in [0.4, 0.5) is 0 Å². The molecule has 0 bridgehead atoms. The lowest BCUT2D eigenvalue weighted by molar-refractivity contribution is 0.198. The van der Waals surface area contributed by atoms with Crippen molar-refractivity contribution in [1.29, 1.82) is 0 Å². The third-order valence-corrected chi connectivity index (χ3v) is 3.90. The van der Waals surface area contributed by atoms with E-state index in [0.717, 1.165) is 26.4 Å². The van der Waals surface area contributed by atoms with Gasteiger partial charge < -0.3 is 9.84 Å². The second-order valence-electron chi connectivity index (χ2n) is 4.37. The summed E-state index contributed by atoms with van der Waals surface area (Å²) in [4.78, 5) is 0. The van der Waals surface area contributed by atoms with E-state index in [1.807, 2.05) is 43.3 Å². The Morgan fingerprint density at radius 3 is 2.37 bits per heavy atom. The molecule has 0 saturated carbocycles. The maximum absolute atomic E-state index is 9.57. The average Bonchev–Trinajstić information content (AvgIpc) is 2.33. The summed E-state index contributed by atoms with van der Waals surface area (Å²) in [6.07, 6.45) is -0.513. The van der Waals surface area contributed by atoms with Crippen LogP contribution in [0.2, 0.25) is 5.02 Å². The first-order chi connectivity index (χ1) is 8.97. The molecule has 0 heterocycles. The standard InChI is InChI=1S/C15H14BrClO2/c1-9-7-11(4-6-15(9)17)19-12-3-5-13(10(2)18)14(16)8-12/h3-8,10,18H,1-2H3/t10-/m1/s1. The van der Waals surface area contributed by atoms with Crippen molar-refractivity contribution in [2.24, 2.45) is 0 Å². The maximum atomic E-state index is 9.57. The minimum atomic E-state index is -0.513. The van der Waals surface area contributed by atoms with Gasteiger partial charge in [-0.2, -0.15) is 0 Å². The van der Waals surface area contributed by atoms with Gasteiger partial charge in [0, 0.05) is 9.50 Å². The van der Waals surface area contributed by atoms with Gasteiger partial charge in [-0.3, -0.25) is 0 Å². The zero-order valence-electron chi connectivity index (χ0n) is 10.7. The Kier molecular flexibility index (Phi) is 4.50. The first-order valence-corrected chi connectivity index (χ1v) is 7.06. The fourth-order valence-electron chi connectivity index (χ4n) is 1.73. The van der Waals surface area contributed by atoms with Crippen LogP contribution in [0.3, 0.4) is 0 Å². The van der Waals surface area contributed by atoms with Crippen molar-refractivity contribution >= 4 is 27.5 Å². The molecule has 0 aromatic heterocycles. The third-order valence-electron chi connectivity index (χ3n) is 2.79. The summed E-state index contributed by atoms with van der Waals surface area (Å²) in [5.74, 6) is 1.44. The van der Waals surface area contributed by atoms with Gasteiger partial charge in [0.25, 0.3) is 0 Å². The number of aryl methyl sites for hydroxylation is 1. The lowest BCUT2D eigenvalue weighted by Crippen LogP contribution is -1.93. The molecule has 0 unspecified atom stereocenters. The van der Waals surface area contributed by atoms with Crippen LogP contribution >= 0.6 is 27.5 Å². The molecule has 100 valence electrons. The summed E-state index contributed by atoms with van der Waals surface area (Å²) in [5, 5.41) is 10.3. The summed E-state index contributed by atoms with van der Waals surface area (Å²) in [7, 11) is 0. The van der Waals surface area contributed by atoms with Gasteiger partial charge >= 0.3 is 0 Å². The highest BCUT2D eigenvalue weighted by Crippen LogP contribution is 2.31. The van der Waals surface area contributed by atoms with E-state index < -0.39 is 6.10 Å². The number of rotatable bonds is 3. The summed E-state index contributed by atoms with van der Waals surface area (Å²) < 4.78 is 6.58. The quantitative estimate of drug-likeness (QED) is 0.825. The first kappa shape index (κ1) is 14.4. The zero-order valence-corrected chi connectivity index (χ0v) is 13.0. The highest BCUT2D eigenvalue weighted by Gasteiger charge is 2.08. The molecule has 0 spiro atoms. The molecule has 0 aliphatic carbocycles. The fourth-order valence-corrected chi connectivity index (χ4v) is 2.53. The molecular weight excluding hydrogens is 328 g/mol. The van der Waals surface area contributed by atoms with Crippen molar-refractivity contribution < 1.29 is 9.84 Å². The number of benzene rings is 2. The van der Waals surface area contributed by atoms with Crippen LogP contribution in [0, 0.1) is 6.92 Å². The monoisotopic (exact) mass is 340 g/mol. The van der Waals surface area contributed by atoms with Gasteiger partial charge in [0.2, 0.25) is 0 Å². The molecule has 0 aliphatic rings. The minimum Gasteiger partial charge on any atom is -0.457 e. The average molecular weight is 342 g/mol. The van der Waals surface area contributed by atoms with Crippen LogP contribution in [0.25, 0.3) is 0 Å². The molecule has 2 aromatic carbocycles. The van der Waals surface area contributed by atoms with Crippen LogP contribution < -0.4 is 4.74 Å². The number of hydrogen-bond acceptors (Lipinski definition) is 2. The number of ether oxygens (including phenoxy) is 1. The molecule has 0 aliphatic heterocycles. The highest BCUT2D eigenvalue weighted by molar-refractivity contribution is 9.10. The molecule has 19 heavy (non-hydrogen) atoms. The zero-order chi connectivity index (χ0) is 14.0. The predicted octanol–water partition coefficient (Wildman–Crippen LogP) is 5.26. The molecular formula is C15H14BrClO2. The summed E-state index contributed by atoms with van der Waals surface area (Å²) in [6, 6.07) is 11.0. The van der Waals surface area contributed by atoms with Gasteiger partial charge in [-0.25, -0.2) is 0 Å². The van der Waals surface area contributed by atoms with E-state index in [-0.39, 0.29) is 0 Å². The second kappa shape index (κ2) is 5.95. The van der Waals surface area contributed by atoms with Crippen molar-refractivity contribution in [2.45, 2.75) is 20.0 Å². The van der Waals surface area contributed by atoms with E-state index in [1.54, 1.807) is 6.92 Å². The van der Waals surface area contributed by atoms with Gasteiger partial charge in [0.15, 0.2) is 0 Å². The number of halogens is 2. The van der Waals surface area contributed by atoms with Crippen molar-refractivity contribution in [3.63, 3.8) is 0 Å². The summed E-state index contributed by atoms with van der Waals surface area (Å²) >= 11 is 9.40.